The molecule has 34 heavy (non-hydrogen) atoms. The molecule has 0 atom stereocenters. The molecule has 1 fully saturated rings. The van der Waals surface area contributed by atoms with Gasteiger partial charge in [-0.05, 0) is 56.0 Å². The first-order chi connectivity index (χ1) is 16.5. The van der Waals surface area contributed by atoms with Crippen LogP contribution in [0.2, 0.25) is 0 Å². The van der Waals surface area contributed by atoms with Gasteiger partial charge in [-0.1, -0.05) is 12.1 Å². The molecule has 3 heterocycles. The highest BCUT2D eigenvalue weighted by Gasteiger charge is 2.25. The number of anilines is 1. The molecule has 0 bridgehead atoms. The van der Waals surface area contributed by atoms with Gasteiger partial charge in [0.1, 0.15) is 11.6 Å². The minimum absolute atomic E-state index is 0.00532. The van der Waals surface area contributed by atoms with E-state index in [1.54, 1.807) is 24.3 Å². The Morgan fingerprint density at radius 2 is 1.94 bits per heavy atom. The quantitative estimate of drug-likeness (QED) is 0.413. The van der Waals surface area contributed by atoms with Gasteiger partial charge in [0.05, 0.1) is 16.7 Å². The molecular weight excluding hydrogens is 435 g/mol. The summed E-state index contributed by atoms with van der Waals surface area (Å²) in [6, 6.07) is 13.5. The van der Waals surface area contributed by atoms with E-state index in [0.29, 0.717) is 42.1 Å². The van der Waals surface area contributed by atoms with Gasteiger partial charge >= 0.3 is 0 Å². The van der Waals surface area contributed by atoms with E-state index < -0.39 is 0 Å². The van der Waals surface area contributed by atoms with Gasteiger partial charge in [-0.25, -0.2) is 9.37 Å². The molecule has 2 aromatic carbocycles. The summed E-state index contributed by atoms with van der Waals surface area (Å²) in [5, 5.41) is 9.62. The molecule has 0 radical (unpaired) electrons. The molecule has 1 aliphatic rings. The predicted molar refractivity (Wildman–Crippen MR) is 127 cm³/mol. The van der Waals surface area contributed by atoms with Crippen LogP contribution in [0.25, 0.3) is 22.3 Å². The summed E-state index contributed by atoms with van der Waals surface area (Å²) in [7, 11) is 0. The molecule has 0 spiro atoms. The van der Waals surface area contributed by atoms with Gasteiger partial charge in [-0.2, -0.15) is 5.10 Å². The van der Waals surface area contributed by atoms with Gasteiger partial charge in [0.15, 0.2) is 5.82 Å². The summed E-state index contributed by atoms with van der Waals surface area (Å²) in [6.45, 7) is 3.10. The number of rotatable bonds is 5. The van der Waals surface area contributed by atoms with Gasteiger partial charge in [-0.15, -0.1) is 0 Å². The van der Waals surface area contributed by atoms with Crippen molar-refractivity contribution in [3.05, 3.63) is 65.7 Å². The molecule has 5 rings (SSSR count). The highest BCUT2D eigenvalue weighted by Crippen LogP contribution is 2.25. The summed E-state index contributed by atoms with van der Waals surface area (Å²) in [6.07, 6.45) is 1.86. The lowest BCUT2D eigenvalue weighted by molar-refractivity contribution is -0.117. The minimum Gasteiger partial charge on any atom is -0.342 e. The number of fused-ring (bicyclic) bond motifs is 1. The van der Waals surface area contributed by atoms with Crippen LogP contribution in [0.5, 0.6) is 0 Å². The minimum atomic E-state index is -0.357. The average molecular weight is 461 g/mol. The van der Waals surface area contributed by atoms with Crippen molar-refractivity contribution in [3.8, 4) is 11.3 Å². The van der Waals surface area contributed by atoms with Gasteiger partial charge in [-0.3, -0.25) is 14.7 Å². The van der Waals surface area contributed by atoms with Crippen LogP contribution in [0.1, 0.15) is 35.4 Å². The van der Waals surface area contributed by atoms with E-state index in [4.69, 9.17) is 0 Å². The Bertz CT molecular complexity index is 1350. The van der Waals surface area contributed by atoms with Crippen LogP contribution in [0.3, 0.4) is 0 Å². The molecule has 8 nitrogen and oxygen atoms in total. The maximum Gasteiger partial charge on any atom is 0.253 e. The standard InChI is InChI=1S/C25H25FN6O2/c1-15-27-20-7-6-17(13-22(20)28-15)25(34)32-10-8-16(9-11-32)12-24(33)29-23-14-21(30-31-23)18-4-2-3-5-19(18)26/h2-7,13-14,16H,8-12H2,1H3,(H,27,28)(H2,29,30,31,33). The number of aromatic nitrogens is 4. The van der Waals surface area contributed by atoms with Gasteiger partial charge < -0.3 is 15.2 Å². The lowest BCUT2D eigenvalue weighted by Gasteiger charge is -2.31. The van der Waals surface area contributed by atoms with Crippen molar-refractivity contribution >= 4 is 28.7 Å². The van der Waals surface area contributed by atoms with Crippen LogP contribution in [-0.4, -0.2) is 50.0 Å². The van der Waals surface area contributed by atoms with Crippen LogP contribution >= 0.6 is 0 Å². The first-order valence-electron chi connectivity index (χ1n) is 11.3. The monoisotopic (exact) mass is 460 g/mol. The number of nitrogens with zero attached hydrogens (tertiary/aromatic N) is 3. The number of benzene rings is 2. The number of nitrogens with one attached hydrogen (secondary N) is 3. The summed E-state index contributed by atoms with van der Waals surface area (Å²) in [4.78, 5) is 34.8. The molecular formula is C25H25FN6O2. The topological polar surface area (TPSA) is 107 Å². The Balaban J connectivity index is 1.14. The van der Waals surface area contributed by atoms with Crippen molar-refractivity contribution in [2.45, 2.75) is 26.2 Å². The van der Waals surface area contributed by atoms with Gasteiger partial charge in [0.25, 0.3) is 5.91 Å². The lowest BCUT2D eigenvalue weighted by atomic mass is 9.93. The highest BCUT2D eigenvalue weighted by atomic mass is 19.1. The zero-order valence-electron chi connectivity index (χ0n) is 18.8. The number of H-pyrrole nitrogens is 2. The number of hydrogen-bond acceptors (Lipinski definition) is 4. The Labute approximate surface area is 195 Å². The molecule has 1 saturated heterocycles. The van der Waals surface area contributed by atoms with Crippen molar-refractivity contribution in [2.75, 3.05) is 18.4 Å². The number of amides is 2. The van der Waals surface area contributed by atoms with E-state index in [0.717, 1.165) is 29.7 Å². The first-order valence-corrected chi connectivity index (χ1v) is 11.3. The molecule has 0 saturated carbocycles. The van der Waals surface area contributed by atoms with E-state index in [-0.39, 0.29) is 23.5 Å². The SMILES string of the molecule is Cc1nc2ccc(C(=O)N3CCC(CC(=O)Nc4cc(-c5ccccc5F)[nH]n4)CC3)cc2[nH]1. The van der Waals surface area contributed by atoms with Crippen molar-refractivity contribution < 1.29 is 14.0 Å². The van der Waals surface area contributed by atoms with Crippen LogP contribution in [0, 0.1) is 18.7 Å². The van der Waals surface area contributed by atoms with Crippen molar-refractivity contribution in [2.24, 2.45) is 5.92 Å². The number of carbonyl (C=O) groups is 2. The maximum absolute atomic E-state index is 14.0. The van der Waals surface area contributed by atoms with Crippen LogP contribution in [-0.2, 0) is 4.79 Å². The molecule has 4 aromatic rings. The summed E-state index contributed by atoms with van der Waals surface area (Å²) in [5.41, 5.74) is 3.23. The van der Waals surface area contributed by atoms with E-state index >= 15 is 0 Å². The fourth-order valence-electron chi connectivity index (χ4n) is 4.45. The Morgan fingerprint density at radius 1 is 1.15 bits per heavy atom. The van der Waals surface area contributed by atoms with Crippen molar-refractivity contribution in [1.29, 1.82) is 0 Å². The van der Waals surface area contributed by atoms with Crippen LogP contribution < -0.4 is 5.32 Å². The van der Waals surface area contributed by atoms with E-state index in [1.807, 2.05) is 30.0 Å². The van der Waals surface area contributed by atoms with Gasteiger partial charge in [0.2, 0.25) is 5.91 Å². The third-order valence-electron chi connectivity index (χ3n) is 6.23. The van der Waals surface area contributed by atoms with E-state index in [2.05, 4.69) is 25.5 Å². The highest BCUT2D eigenvalue weighted by molar-refractivity contribution is 5.97. The van der Waals surface area contributed by atoms with Crippen molar-refractivity contribution in [3.63, 3.8) is 0 Å². The number of carbonyl (C=O) groups excluding carboxylic acids is 2. The second-order valence-electron chi connectivity index (χ2n) is 8.69. The predicted octanol–water partition coefficient (Wildman–Crippen LogP) is 4.28. The zero-order chi connectivity index (χ0) is 23.7. The maximum atomic E-state index is 14.0. The molecule has 0 aliphatic carbocycles. The first kappa shape index (κ1) is 21.8. The van der Waals surface area contributed by atoms with Gasteiger partial charge in [0, 0.05) is 36.7 Å². The largest absolute Gasteiger partial charge is 0.342 e. The molecule has 3 N–H and O–H groups in total. The molecule has 1 aliphatic heterocycles. The van der Waals surface area contributed by atoms with E-state index in [9.17, 15) is 14.0 Å². The number of likely N-dealkylation sites (tertiary alicyclic amines) is 1. The fourth-order valence-corrected chi connectivity index (χ4v) is 4.45. The van der Waals surface area contributed by atoms with Crippen molar-refractivity contribution in [1.82, 2.24) is 25.1 Å². The second-order valence-corrected chi connectivity index (χ2v) is 8.69. The third-order valence-corrected chi connectivity index (χ3v) is 6.23. The smallest absolute Gasteiger partial charge is 0.253 e. The molecule has 2 amide bonds. The van der Waals surface area contributed by atoms with E-state index in [1.165, 1.54) is 6.07 Å². The Hall–Kier alpha value is -4.01. The molecule has 9 heteroatoms. The summed E-state index contributed by atoms with van der Waals surface area (Å²) < 4.78 is 14.0. The molecule has 0 unspecified atom stereocenters. The Kier molecular flexibility index (Phi) is 5.83. The number of aromatic amines is 2. The number of piperidine rings is 1. The normalized spacial score (nSPS) is 14.5. The molecule has 2 aromatic heterocycles. The summed E-state index contributed by atoms with van der Waals surface area (Å²) >= 11 is 0. The Morgan fingerprint density at radius 3 is 2.74 bits per heavy atom. The number of imidazole rings is 1. The fraction of sp³-hybridized carbons (Fsp3) is 0.280. The average Bonchev–Trinajstić information content (AvgIpc) is 3.44. The number of aryl methyl sites for hydroxylation is 1. The zero-order valence-corrected chi connectivity index (χ0v) is 18.8. The number of halogens is 1. The van der Waals surface area contributed by atoms with Crippen LogP contribution in [0.15, 0.2) is 48.5 Å². The second kappa shape index (κ2) is 9.09. The third kappa shape index (κ3) is 4.54. The van der Waals surface area contributed by atoms with Crippen LogP contribution in [0.4, 0.5) is 10.2 Å². The summed E-state index contributed by atoms with van der Waals surface area (Å²) in [5.74, 6) is 0.861. The molecule has 174 valence electrons. The lowest BCUT2D eigenvalue weighted by Crippen LogP contribution is -2.39. The number of hydrogen-bond donors (Lipinski definition) is 3.